The number of carbonyl (C=O) groups is 1. The van der Waals surface area contributed by atoms with Crippen LogP contribution in [-0.4, -0.2) is 10.9 Å². The molecule has 1 N–H and O–H groups in total. The van der Waals surface area contributed by atoms with Crippen LogP contribution in [0.25, 0.3) is 22.2 Å². The lowest BCUT2D eigenvalue weighted by Crippen LogP contribution is -2.20. The largest absolute Gasteiger partial charge is 0.326 e. The van der Waals surface area contributed by atoms with Gasteiger partial charge in [-0.2, -0.15) is 0 Å². The highest BCUT2D eigenvalue weighted by atomic mass is 19.1. The lowest BCUT2D eigenvalue weighted by atomic mass is 9.91. The SMILES string of the molecule is Cc1cc2ccc(-c3ccc(F)cc3)nc2c(C)c1NC(=O)CC(C)(C)C. The molecule has 0 saturated heterocycles. The van der Waals surface area contributed by atoms with Crippen LogP contribution >= 0.6 is 0 Å². The Labute approximate surface area is 159 Å². The van der Waals surface area contributed by atoms with Crippen molar-refractivity contribution >= 4 is 22.5 Å². The molecule has 3 aromatic rings. The maximum atomic E-state index is 13.2. The van der Waals surface area contributed by atoms with E-state index in [9.17, 15) is 9.18 Å². The minimum absolute atomic E-state index is 0.00254. The zero-order valence-electron chi connectivity index (χ0n) is 16.5. The average Bonchev–Trinajstić information content (AvgIpc) is 2.57. The van der Waals surface area contributed by atoms with Crippen molar-refractivity contribution in [2.45, 2.75) is 41.0 Å². The second kappa shape index (κ2) is 7.10. The van der Waals surface area contributed by atoms with E-state index in [1.54, 1.807) is 12.1 Å². The molecule has 0 aliphatic heterocycles. The molecule has 3 nitrogen and oxygen atoms in total. The molecule has 0 radical (unpaired) electrons. The molecule has 2 aromatic carbocycles. The third-order valence-corrected chi connectivity index (χ3v) is 4.52. The van der Waals surface area contributed by atoms with Crippen molar-refractivity contribution in [3.8, 4) is 11.3 Å². The van der Waals surface area contributed by atoms with Gasteiger partial charge in [0.05, 0.1) is 11.2 Å². The Morgan fingerprint density at radius 2 is 1.74 bits per heavy atom. The summed E-state index contributed by atoms with van der Waals surface area (Å²) in [5, 5.41) is 4.08. The zero-order valence-corrected chi connectivity index (χ0v) is 16.5. The summed E-state index contributed by atoms with van der Waals surface area (Å²) in [6.45, 7) is 10.1. The molecular formula is C23H25FN2O. The Morgan fingerprint density at radius 1 is 1.07 bits per heavy atom. The summed E-state index contributed by atoms with van der Waals surface area (Å²) in [5.74, 6) is -0.266. The number of nitrogens with one attached hydrogen (secondary N) is 1. The number of hydrogen-bond donors (Lipinski definition) is 1. The van der Waals surface area contributed by atoms with Crippen LogP contribution in [-0.2, 0) is 4.79 Å². The molecule has 4 heteroatoms. The highest BCUT2D eigenvalue weighted by Crippen LogP contribution is 2.31. The predicted molar refractivity (Wildman–Crippen MR) is 109 cm³/mol. The quantitative estimate of drug-likeness (QED) is 0.616. The van der Waals surface area contributed by atoms with Crippen LogP contribution in [0, 0.1) is 25.1 Å². The molecule has 27 heavy (non-hydrogen) atoms. The Balaban J connectivity index is 2.03. The summed E-state index contributed by atoms with van der Waals surface area (Å²) >= 11 is 0. The fourth-order valence-electron chi connectivity index (χ4n) is 3.25. The fourth-order valence-corrected chi connectivity index (χ4v) is 3.25. The van der Waals surface area contributed by atoms with Crippen molar-refractivity contribution < 1.29 is 9.18 Å². The van der Waals surface area contributed by atoms with E-state index in [2.05, 4.69) is 5.32 Å². The number of amides is 1. The van der Waals surface area contributed by atoms with Gasteiger partial charge in [0.2, 0.25) is 5.91 Å². The Hall–Kier alpha value is -2.75. The molecule has 1 heterocycles. The lowest BCUT2D eigenvalue weighted by molar-refractivity contribution is -0.117. The Kier molecular flexibility index (Phi) is 5.01. The molecule has 0 fully saturated rings. The molecule has 0 aliphatic rings. The van der Waals surface area contributed by atoms with E-state index in [0.717, 1.165) is 39.0 Å². The summed E-state index contributed by atoms with van der Waals surface area (Å²) in [5.41, 5.74) is 5.18. The highest BCUT2D eigenvalue weighted by molar-refractivity contribution is 5.97. The van der Waals surface area contributed by atoms with E-state index in [1.165, 1.54) is 12.1 Å². The van der Waals surface area contributed by atoms with Crippen molar-refractivity contribution in [3.63, 3.8) is 0 Å². The summed E-state index contributed by atoms with van der Waals surface area (Å²) in [4.78, 5) is 17.2. The van der Waals surface area contributed by atoms with Gasteiger partial charge in [0.1, 0.15) is 5.82 Å². The molecule has 3 rings (SSSR count). The van der Waals surface area contributed by atoms with Gasteiger partial charge in [-0.3, -0.25) is 4.79 Å². The first-order valence-corrected chi connectivity index (χ1v) is 9.11. The lowest BCUT2D eigenvalue weighted by Gasteiger charge is -2.19. The third-order valence-electron chi connectivity index (χ3n) is 4.52. The van der Waals surface area contributed by atoms with E-state index >= 15 is 0 Å². The smallest absolute Gasteiger partial charge is 0.224 e. The maximum absolute atomic E-state index is 13.2. The van der Waals surface area contributed by atoms with Gasteiger partial charge in [0, 0.05) is 23.1 Å². The van der Waals surface area contributed by atoms with Crippen molar-refractivity contribution in [1.82, 2.24) is 4.98 Å². The molecule has 0 unspecified atom stereocenters. The van der Waals surface area contributed by atoms with Gasteiger partial charge in [-0.25, -0.2) is 9.37 Å². The van der Waals surface area contributed by atoms with Crippen molar-refractivity contribution in [2.75, 3.05) is 5.32 Å². The number of anilines is 1. The second-order valence-corrected chi connectivity index (χ2v) is 8.25. The van der Waals surface area contributed by atoms with E-state index in [0.29, 0.717) is 6.42 Å². The van der Waals surface area contributed by atoms with Gasteiger partial charge in [0.15, 0.2) is 0 Å². The van der Waals surface area contributed by atoms with E-state index < -0.39 is 0 Å². The zero-order chi connectivity index (χ0) is 19.8. The number of fused-ring (bicyclic) bond motifs is 1. The molecule has 140 valence electrons. The third kappa shape index (κ3) is 4.33. The number of nitrogens with zero attached hydrogens (tertiary/aromatic N) is 1. The van der Waals surface area contributed by atoms with Crippen LogP contribution in [0.5, 0.6) is 0 Å². The normalized spacial score (nSPS) is 11.6. The molecule has 0 bridgehead atoms. The standard InChI is InChI=1S/C23H25FN2O/c1-14-12-17-8-11-19(16-6-9-18(24)10-7-16)25-22(17)15(2)21(14)26-20(27)13-23(3,4)5/h6-12H,13H2,1-5H3,(H,26,27). The number of aromatic nitrogens is 1. The van der Waals surface area contributed by atoms with Gasteiger partial charge in [-0.1, -0.05) is 26.8 Å². The van der Waals surface area contributed by atoms with Gasteiger partial charge in [-0.05, 0) is 66.8 Å². The average molecular weight is 364 g/mol. The summed E-state index contributed by atoms with van der Waals surface area (Å²) in [6.07, 6.45) is 0.451. The van der Waals surface area contributed by atoms with Crippen molar-refractivity contribution in [2.24, 2.45) is 5.41 Å². The van der Waals surface area contributed by atoms with Crippen molar-refractivity contribution in [1.29, 1.82) is 0 Å². The fraction of sp³-hybridized carbons (Fsp3) is 0.304. The van der Waals surface area contributed by atoms with Crippen LogP contribution in [0.1, 0.15) is 38.3 Å². The first-order valence-electron chi connectivity index (χ1n) is 9.11. The maximum Gasteiger partial charge on any atom is 0.224 e. The summed E-state index contributed by atoms with van der Waals surface area (Å²) < 4.78 is 13.2. The monoisotopic (exact) mass is 364 g/mol. The topological polar surface area (TPSA) is 42.0 Å². The van der Waals surface area contributed by atoms with E-state index in [-0.39, 0.29) is 17.1 Å². The van der Waals surface area contributed by atoms with E-state index in [4.69, 9.17) is 4.98 Å². The van der Waals surface area contributed by atoms with Crippen LogP contribution in [0.3, 0.4) is 0 Å². The number of halogens is 1. The van der Waals surface area contributed by atoms with Gasteiger partial charge < -0.3 is 5.32 Å². The van der Waals surface area contributed by atoms with Crippen LogP contribution in [0.15, 0.2) is 42.5 Å². The number of aryl methyl sites for hydroxylation is 2. The number of hydrogen-bond acceptors (Lipinski definition) is 2. The van der Waals surface area contributed by atoms with Gasteiger partial charge in [-0.15, -0.1) is 0 Å². The minimum Gasteiger partial charge on any atom is -0.326 e. The van der Waals surface area contributed by atoms with Crippen LogP contribution in [0.4, 0.5) is 10.1 Å². The highest BCUT2D eigenvalue weighted by Gasteiger charge is 2.18. The van der Waals surface area contributed by atoms with Crippen LogP contribution < -0.4 is 5.32 Å². The number of carbonyl (C=O) groups excluding carboxylic acids is 1. The molecule has 0 atom stereocenters. The molecule has 0 spiro atoms. The molecule has 1 aromatic heterocycles. The Bertz CT molecular complexity index is 1000. The summed E-state index contributed by atoms with van der Waals surface area (Å²) in [7, 11) is 0. The molecule has 1 amide bonds. The Morgan fingerprint density at radius 3 is 2.37 bits per heavy atom. The second-order valence-electron chi connectivity index (χ2n) is 8.25. The number of pyridine rings is 1. The van der Waals surface area contributed by atoms with Crippen molar-refractivity contribution in [3.05, 3.63) is 59.4 Å². The first-order chi connectivity index (χ1) is 12.6. The van der Waals surface area contributed by atoms with Crippen LogP contribution in [0.2, 0.25) is 0 Å². The minimum atomic E-state index is -0.268. The molecular weight excluding hydrogens is 339 g/mol. The predicted octanol–water partition coefficient (Wildman–Crippen LogP) is 6.03. The number of rotatable bonds is 3. The van der Waals surface area contributed by atoms with Gasteiger partial charge >= 0.3 is 0 Å². The molecule has 0 aliphatic carbocycles. The summed E-state index contributed by atoms with van der Waals surface area (Å²) in [6, 6.07) is 12.3. The van der Waals surface area contributed by atoms with Gasteiger partial charge in [0.25, 0.3) is 0 Å². The van der Waals surface area contributed by atoms with E-state index in [1.807, 2.05) is 52.8 Å². The molecule has 0 saturated carbocycles. The number of benzene rings is 2. The first kappa shape index (κ1) is 19.0.